The third-order valence-corrected chi connectivity index (χ3v) is 4.46. The highest BCUT2D eigenvalue weighted by atomic mass is 32.2. The van der Waals surface area contributed by atoms with Crippen LogP contribution in [0.4, 0.5) is 0 Å². The molecule has 0 spiro atoms. The Balaban J connectivity index is 2.86. The molecule has 1 aromatic carbocycles. The van der Waals surface area contributed by atoms with Crippen molar-refractivity contribution in [2.24, 2.45) is 0 Å². The molecule has 5 nitrogen and oxygen atoms in total. The predicted molar refractivity (Wildman–Crippen MR) is 85.7 cm³/mol. The van der Waals surface area contributed by atoms with Crippen LogP contribution in [0, 0.1) is 0 Å². The average Bonchev–Trinajstić information content (AvgIpc) is 2.51. The first-order chi connectivity index (χ1) is 10.2. The highest BCUT2D eigenvalue weighted by Crippen LogP contribution is 2.30. The van der Waals surface area contributed by atoms with Crippen molar-refractivity contribution in [3.05, 3.63) is 23.8 Å². The lowest BCUT2D eigenvalue weighted by Crippen LogP contribution is -2.27. The molecule has 0 heterocycles. The highest BCUT2D eigenvalue weighted by molar-refractivity contribution is 7.85. The van der Waals surface area contributed by atoms with Crippen molar-refractivity contribution < 1.29 is 18.4 Å². The number of rotatable bonds is 10. The second-order valence-corrected chi connectivity index (χ2v) is 6.15. The molecule has 0 aliphatic rings. The Labute approximate surface area is 129 Å². The van der Waals surface area contributed by atoms with E-state index in [9.17, 15) is 4.21 Å². The quantitative estimate of drug-likeness (QED) is 0.713. The monoisotopic (exact) mass is 315 g/mol. The zero-order chi connectivity index (χ0) is 15.7. The summed E-state index contributed by atoms with van der Waals surface area (Å²) in [4.78, 5) is 0. The third kappa shape index (κ3) is 5.65. The molecule has 2 unspecified atom stereocenters. The molecule has 6 heteroatoms. The largest absolute Gasteiger partial charge is 0.493 e. The predicted octanol–water partition coefficient (Wildman–Crippen LogP) is 1.75. The van der Waals surface area contributed by atoms with Gasteiger partial charge in [-0.25, -0.2) is 0 Å². The van der Waals surface area contributed by atoms with Gasteiger partial charge in [-0.1, -0.05) is 13.0 Å². The highest BCUT2D eigenvalue weighted by Gasteiger charge is 2.16. The Kier molecular flexibility index (Phi) is 8.34. The molecule has 1 rings (SSSR count). The van der Waals surface area contributed by atoms with E-state index < -0.39 is 10.8 Å². The molecule has 0 bridgehead atoms. The smallest absolute Gasteiger partial charge is 0.161 e. The van der Waals surface area contributed by atoms with Gasteiger partial charge in [0.1, 0.15) is 0 Å². The molecule has 0 radical (unpaired) electrons. The van der Waals surface area contributed by atoms with Crippen molar-refractivity contribution in [3.8, 4) is 11.5 Å². The van der Waals surface area contributed by atoms with E-state index in [-0.39, 0.29) is 6.04 Å². The summed E-state index contributed by atoms with van der Waals surface area (Å²) < 4.78 is 27.6. The summed E-state index contributed by atoms with van der Waals surface area (Å²) in [5.74, 6) is 2.47. The Bertz CT molecular complexity index is 453. The fourth-order valence-electron chi connectivity index (χ4n) is 2.03. The van der Waals surface area contributed by atoms with Crippen LogP contribution in [-0.2, 0) is 15.5 Å². The number of benzene rings is 1. The first kappa shape index (κ1) is 17.9. The van der Waals surface area contributed by atoms with E-state index in [4.69, 9.17) is 14.2 Å². The standard InChI is InChI=1S/C15H25NO4S/c1-5-16-13(11-21(17)9-8-18-2)12-6-7-14(19-3)15(10-12)20-4/h6-7,10,13,16H,5,8-9,11H2,1-4H3. The molecular formula is C15H25NO4S. The van der Waals surface area contributed by atoms with E-state index in [1.165, 1.54) is 0 Å². The molecule has 1 N–H and O–H groups in total. The number of methoxy groups -OCH3 is 3. The van der Waals surface area contributed by atoms with Gasteiger partial charge in [-0.15, -0.1) is 0 Å². The summed E-state index contributed by atoms with van der Waals surface area (Å²) in [5.41, 5.74) is 1.04. The maximum Gasteiger partial charge on any atom is 0.161 e. The van der Waals surface area contributed by atoms with Crippen LogP contribution in [0.15, 0.2) is 18.2 Å². The van der Waals surface area contributed by atoms with E-state index in [1.54, 1.807) is 21.3 Å². The van der Waals surface area contributed by atoms with Gasteiger partial charge in [0.05, 0.1) is 20.8 Å². The van der Waals surface area contributed by atoms with Gasteiger partial charge in [0, 0.05) is 35.5 Å². The first-order valence-electron chi connectivity index (χ1n) is 6.95. The van der Waals surface area contributed by atoms with Gasteiger partial charge in [-0.05, 0) is 24.2 Å². The molecule has 0 saturated carbocycles. The van der Waals surface area contributed by atoms with Crippen LogP contribution < -0.4 is 14.8 Å². The Hall–Kier alpha value is -1.11. The lowest BCUT2D eigenvalue weighted by molar-refractivity contribution is 0.218. The minimum absolute atomic E-state index is 0.0208. The summed E-state index contributed by atoms with van der Waals surface area (Å²) >= 11 is 0. The molecular weight excluding hydrogens is 290 g/mol. The topological polar surface area (TPSA) is 56.8 Å². The van der Waals surface area contributed by atoms with Gasteiger partial charge >= 0.3 is 0 Å². The summed E-state index contributed by atoms with van der Waals surface area (Å²) in [6.07, 6.45) is 0. The van der Waals surface area contributed by atoms with Crippen LogP contribution in [0.2, 0.25) is 0 Å². The molecule has 0 aromatic heterocycles. The zero-order valence-electron chi connectivity index (χ0n) is 13.2. The Morgan fingerprint density at radius 2 is 1.90 bits per heavy atom. The lowest BCUT2D eigenvalue weighted by Gasteiger charge is -2.19. The van der Waals surface area contributed by atoms with Crippen LogP contribution in [0.1, 0.15) is 18.5 Å². The van der Waals surface area contributed by atoms with Crippen LogP contribution in [-0.4, -0.2) is 50.2 Å². The zero-order valence-corrected chi connectivity index (χ0v) is 14.0. The molecule has 0 fully saturated rings. The van der Waals surface area contributed by atoms with E-state index in [0.717, 1.165) is 12.1 Å². The summed E-state index contributed by atoms with van der Waals surface area (Å²) in [6.45, 7) is 3.35. The average molecular weight is 315 g/mol. The SMILES string of the molecule is CCNC(CS(=O)CCOC)c1ccc(OC)c(OC)c1. The van der Waals surface area contributed by atoms with Gasteiger partial charge in [0.25, 0.3) is 0 Å². The number of nitrogens with one attached hydrogen (secondary N) is 1. The van der Waals surface area contributed by atoms with Crippen LogP contribution in [0.3, 0.4) is 0 Å². The second-order valence-electron chi connectivity index (χ2n) is 4.53. The second kappa shape index (κ2) is 9.76. The minimum Gasteiger partial charge on any atom is -0.493 e. The maximum atomic E-state index is 12.1. The summed E-state index contributed by atoms with van der Waals surface area (Å²) in [6, 6.07) is 5.80. The van der Waals surface area contributed by atoms with Crippen molar-refractivity contribution in [2.45, 2.75) is 13.0 Å². The fourth-order valence-corrected chi connectivity index (χ4v) is 3.24. The summed E-state index contributed by atoms with van der Waals surface area (Å²) in [5, 5.41) is 3.36. The van der Waals surface area contributed by atoms with Gasteiger partial charge < -0.3 is 19.5 Å². The van der Waals surface area contributed by atoms with Crippen LogP contribution >= 0.6 is 0 Å². The minimum atomic E-state index is -0.927. The third-order valence-electron chi connectivity index (χ3n) is 3.13. The van der Waals surface area contributed by atoms with Crippen molar-refractivity contribution >= 4 is 10.8 Å². The van der Waals surface area contributed by atoms with E-state index in [1.807, 2.05) is 25.1 Å². The molecule has 0 aliphatic heterocycles. The van der Waals surface area contributed by atoms with Gasteiger partial charge in [0.2, 0.25) is 0 Å². The lowest BCUT2D eigenvalue weighted by atomic mass is 10.1. The van der Waals surface area contributed by atoms with Crippen molar-refractivity contribution in [3.63, 3.8) is 0 Å². The van der Waals surface area contributed by atoms with E-state index >= 15 is 0 Å². The van der Waals surface area contributed by atoms with Gasteiger partial charge in [-0.2, -0.15) is 0 Å². The van der Waals surface area contributed by atoms with Crippen LogP contribution in [0.25, 0.3) is 0 Å². The van der Waals surface area contributed by atoms with Crippen LogP contribution in [0.5, 0.6) is 11.5 Å². The van der Waals surface area contributed by atoms with Gasteiger partial charge in [-0.3, -0.25) is 4.21 Å². The molecule has 0 amide bonds. The summed E-state index contributed by atoms with van der Waals surface area (Å²) in [7, 11) is 3.91. The van der Waals surface area contributed by atoms with E-state index in [2.05, 4.69) is 5.32 Å². The van der Waals surface area contributed by atoms with Crippen molar-refractivity contribution in [1.29, 1.82) is 0 Å². The van der Waals surface area contributed by atoms with Crippen molar-refractivity contribution in [2.75, 3.05) is 46.0 Å². The molecule has 21 heavy (non-hydrogen) atoms. The van der Waals surface area contributed by atoms with Crippen molar-refractivity contribution in [1.82, 2.24) is 5.32 Å². The fraction of sp³-hybridized carbons (Fsp3) is 0.600. The molecule has 0 aliphatic carbocycles. The number of hydrogen-bond donors (Lipinski definition) is 1. The van der Waals surface area contributed by atoms with Gasteiger partial charge in [0.15, 0.2) is 11.5 Å². The maximum absolute atomic E-state index is 12.1. The van der Waals surface area contributed by atoms with E-state index in [0.29, 0.717) is 29.6 Å². The number of ether oxygens (including phenoxy) is 3. The Morgan fingerprint density at radius 1 is 1.19 bits per heavy atom. The Morgan fingerprint density at radius 3 is 2.48 bits per heavy atom. The number of hydrogen-bond acceptors (Lipinski definition) is 5. The molecule has 1 aromatic rings. The normalized spacial score (nSPS) is 13.7. The first-order valence-corrected chi connectivity index (χ1v) is 8.44. The molecule has 2 atom stereocenters. The molecule has 120 valence electrons. The molecule has 0 saturated heterocycles.